The smallest absolute Gasteiger partial charge is 0.303 e. The molecular formula is C25H30F2N4O3. The van der Waals surface area contributed by atoms with Gasteiger partial charge in [0, 0.05) is 43.4 Å². The Morgan fingerprint density at radius 2 is 1.76 bits per heavy atom. The molecule has 0 spiro atoms. The number of halogens is 2. The van der Waals surface area contributed by atoms with E-state index < -0.39 is 17.6 Å². The van der Waals surface area contributed by atoms with E-state index in [4.69, 9.17) is 5.11 Å². The monoisotopic (exact) mass is 472 g/mol. The SMILES string of the molecule is O=C(O)CC1CCCCC1.OC1CCN(c2ccc(-c3nc4cc(F)c(F)cc4[nH]3)cn2)CC1. The molecule has 3 N–H and O–H groups in total. The van der Waals surface area contributed by atoms with Gasteiger partial charge in [-0.05, 0) is 43.7 Å². The molecule has 9 heteroatoms. The van der Waals surface area contributed by atoms with E-state index in [1.165, 1.54) is 19.3 Å². The number of pyridine rings is 1. The second-order valence-electron chi connectivity index (χ2n) is 9.09. The maximum Gasteiger partial charge on any atom is 0.303 e. The molecule has 0 radical (unpaired) electrons. The van der Waals surface area contributed by atoms with Gasteiger partial charge >= 0.3 is 5.97 Å². The van der Waals surface area contributed by atoms with Crippen molar-refractivity contribution in [2.75, 3.05) is 18.0 Å². The number of nitrogens with one attached hydrogen (secondary N) is 1. The molecule has 0 unspecified atom stereocenters. The van der Waals surface area contributed by atoms with Gasteiger partial charge in [0.1, 0.15) is 11.6 Å². The first-order valence-electron chi connectivity index (χ1n) is 11.8. The third-order valence-corrected chi connectivity index (χ3v) is 6.52. The van der Waals surface area contributed by atoms with E-state index in [0.717, 1.165) is 62.3 Å². The Bertz CT molecular complexity index is 1070. The fourth-order valence-corrected chi connectivity index (χ4v) is 4.59. The van der Waals surface area contributed by atoms with Crippen molar-refractivity contribution < 1.29 is 23.8 Å². The van der Waals surface area contributed by atoms with Crippen LogP contribution in [0.2, 0.25) is 0 Å². The highest BCUT2D eigenvalue weighted by Crippen LogP contribution is 2.26. The zero-order valence-corrected chi connectivity index (χ0v) is 19.0. The third kappa shape index (κ3) is 6.08. The second kappa shape index (κ2) is 10.9. The van der Waals surface area contributed by atoms with E-state index in [0.29, 0.717) is 29.2 Å². The van der Waals surface area contributed by atoms with E-state index in [9.17, 15) is 18.7 Å². The molecule has 0 amide bonds. The van der Waals surface area contributed by atoms with Crippen LogP contribution in [0.3, 0.4) is 0 Å². The zero-order chi connectivity index (χ0) is 24.1. The molecule has 1 aromatic carbocycles. The van der Waals surface area contributed by atoms with Crippen molar-refractivity contribution in [1.82, 2.24) is 15.0 Å². The molecule has 3 aromatic rings. The number of nitrogens with zero attached hydrogens (tertiary/aromatic N) is 3. The lowest BCUT2D eigenvalue weighted by atomic mass is 9.87. The first kappa shape index (κ1) is 24.1. The van der Waals surface area contributed by atoms with E-state index in [2.05, 4.69) is 19.9 Å². The molecule has 1 aliphatic carbocycles. The van der Waals surface area contributed by atoms with Crippen LogP contribution in [0.4, 0.5) is 14.6 Å². The first-order chi connectivity index (χ1) is 16.4. The van der Waals surface area contributed by atoms with Crippen LogP contribution in [0.25, 0.3) is 22.4 Å². The van der Waals surface area contributed by atoms with Crippen LogP contribution in [0, 0.1) is 17.6 Å². The molecule has 0 bridgehead atoms. The number of H-pyrrole nitrogens is 1. The number of piperidine rings is 1. The Balaban J connectivity index is 0.000000231. The number of aliphatic carboxylic acids is 1. The van der Waals surface area contributed by atoms with Gasteiger partial charge in [-0.3, -0.25) is 4.79 Å². The molecule has 2 aliphatic rings. The maximum absolute atomic E-state index is 13.3. The molecule has 0 atom stereocenters. The minimum Gasteiger partial charge on any atom is -0.481 e. The van der Waals surface area contributed by atoms with Crippen LogP contribution in [0.15, 0.2) is 30.5 Å². The molecule has 2 aromatic heterocycles. The number of aliphatic hydroxyl groups excluding tert-OH is 1. The summed E-state index contributed by atoms with van der Waals surface area (Å²) in [5, 5.41) is 18.0. The molecule has 1 saturated heterocycles. The Kier molecular flexibility index (Phi) is 7.72. The van der Waals surface area contributed by atoms with Crippen molar-refractivity contribution in [2.24, 2.45) is 5.92 Å². The summed E-state index contributed by atoms with van der Waals surface area (Å²) in [4.78, 5) is 24.1. The molecule has 2 fully saturated rings. The largest absolute Gasteiger partial charge is 0.481 e. The van der Waals surface area contributed by atoms with Crippen molar-refractivity contribution >= 4 is 22.8 Å². The molecule has 5 rings (SSSR count). The van der Waals surface area contributed by atoms with Crippen molar-refractivity contribution in [3.05, 3.63) is 42.1 Å². The lowest BCUT2D eigenvalue weighted by Gasteiger charge is -2.30. The van der Waals surface area contributed by atoms with Gasteiger partial charge in [0.15, 0.2) is 11.6 Å². The average molecular weight is 473 g/mol. The lowest BCUT2D eigenvalue weighted by Crippen LogP contribution is -2.36. The number of carboxylic acid groups (broad SMARTS) is 1. The Morgan fingerprint density at radius 3 is 2.41 bits per heavy atom. The molecule has 1 saturated carbocycles. The summed E-state index contributed by atoms with van der Waals surface area (Å²) in [7, 11) is 0. The Morgan fingerprint density at radius 1 is 1.06 bits per heavy atom. The third-order valence-electron chi connectivity index (χ3n) is 6.52. The van der Waals surface area contributed by atoms with Crippen LogP contribution >= 0.6 is 0 Å². The number of fused-ring (bicyclic) bond motifs is 1. The lowest BCUT2D eigenvalue weighted by molar-refractivity contribution is -0.138. The zero-order valence-electron chi connectivity index (χ0n) is 19.0. The number of carbonyl (C=O) groups is 1. The number of aliphatic hydroxyl groups is 1. The highest BCUT2D eigenvalue weighted by Gasteiger charge is 2.18. The number of hydrogen-bond acceptors (Lipinski definition) is 5. The molecule has 7 nitrogen and oxygen atoms in total. The molecule has 1 aliphatic heterocycles. The summed E-state index contributed by atoms with van der Waals surface area (Å²) in [6.45, 7) is 1.55. The van der Waals surface area contributed by atoms with Crippen LogP contribution in [0.1, 0.15) is 51.4 Å². The number of carboxylic acids is 1. The molecular weight excluding hydrogens is 442 g/mol. The van der Waals surface area contributed by atoms with Gasteiger partial charge in [-0.25, -0.2) is 18.7 Å². The van der Waals surface area contributed by atoms with Crippen molar-refractivity contribution in [2.45, 2.75) is 57.5 Å². The highest BCUT2D eigenvalue weighted by atomic mass is 19.2. The number of benzene rings is 1. The van der Waals surface area contributed by atoms with Crippen LogP contribution in [-0.4, -0.2) is 50.3 Å². The normalized spacial score (nSPS) is 17.4. The minimum absolute atomic E-state index is 0.225. The van der Waals surface area contributed by atoms with Crippen molar-refractivity contribution in [3.8, 4) is 11.4 Å². The van der Waals surface area contributed by atoms with Gasteiger partial charge < -0.3 is 20.1 Å². The predicted octanol–water partition coefficient (Wildman–Crippen LogP) is 4.91. The predicted molar refractivity (Wildman–Crippen MR) is 126 cm³/mol. The van der Waals surface area contributed by atoms with Gasteiger partial charge in [0.05, 0.1) is 17.1 Å². The summed E-state index contributed by atoms with van der Waals surface area (Å²) in [6.07, 6.45) is 9.36. The maximum atomic E-state index is 13.3. The fraction of sp³-hybridized carbons (Fsp3) is 0.480. The van der Waals surface area contributed by atoms with Crippen LogP contribution in [-0.2, 0) is 4.79 Å². The van der Waals surface area contributed by atoms with Crippen LogP contribution in [0.5, 0.6) is 0 Å². The number of imidazole rings is 1. The van der Waals surface area contributed by atoms with E-state index in [-0.39, 0.29) is 6.10 Å². The fourth-order valence-electron chi connectivity index (χ4n) is 4.59. The minimum atomic E-state index is -0.915. The molecule has 3 heterocycles. The van der Waals surface area contributed by atoms with Gasteiger partial charge in [0.2, 0.25) is 0 Å². The van der Waals surface area contributed by atoms with Crippen molar-refractivity contribution in [1.29, 1.82) is 0 Å². The summed E-state index contributed by atoms with van der Waals surface area (Å²) in [5.41, 5.74) is 1.56. The quantitative estimate of drug-likeness (QED) is 0.499. The summed E-state index contributed by atoms with van der Waals surface area (Å²) < 4.78 is 26.6. The van der Waals surface area contributed by atoms with E-state index >= 15 is 0 Å². The number of anilines is 1. The topological polar surface area (TPSA) is 102 Å². The van der Waals surface area contributed by atoms with Crippen molar-refractivity contribution in [3.63, 3.8) is 0 Å². The van der Waals surface area contributed by atoms with E-state index in [1.54, 1.807) is 6.20 Å². The molecule has 34 heavy (non-hydrogen) atoms. The molecule has 182 valence electrons. The highest BCUT2D eigenvalue weighted by molar-refractivity contribution is 5.79. The van der Waals surface area contributed by atoms with Crippen LogP contribution < -0.4 is 4.90 Å². The first-order valence-corrected chi connectivity index (χ1v) is 11.8. The van der Waals surface area contributed by atoms with E-state index in [1.807, 2.05) is 12.1 Å². The van der Waals surface area contributed by atoms with Gasteiger partial charge in [0.25, 0.3) is 0 Å². The van der Waals surface area contributed by atoms with Gasteiger partial charge in [-0.1, -0.05) is 19.3 Å². The number of aromatic nitrogens is 3. The number of rotatable bonds is 4. The standard InChI is InChI=1S/C17H16F2N4O.C8H14O2/c18-12-7-14-15(8-13(12)19)22-17(21-14)10-1-2-16(20-9-10)23-5-3-11(24)4-6-23;9-8(10)6-7-4-2-1-3-5-7/h1-2,7-9,11,24H,3-6H2,(H,21,22);7H,1-6H2,(H,9,10). The summed E-state index contributed by atoms with van der Waals surface area (Å²) in [5.74, 6) is -0.611. The Hall–Kier alpha value is -3.07. The number of hydrogen-bond donors (Lipinski definition) is 3. The summed E-state index contributed by atoms with van der Waals surface area (Å²) in [6, 6.07) is 5.94. The average Bonchev–Trinajstić information content (AvgIpc) is 3.23. The summed E-state index contributed by atoms with van der Waals surface area (Å²) >= 11 is 0. The van der Waals surface area contributed by atoms with Gasteiger partial charge in [-0.15, -0.1) is 0 Å². The van der Waals surface area contributed by atoms with Gasteiger partial charge in [-0.2, -0.15) is 0 Å². The second-order valence-corrected chi connectivity index (χ2v) is 9.09. The Labute approximate surface area is 196 Å². The number of aromatic amines is 1.